The first-order valence-electron chi connectivity index (χ1n) is 6.28. The second kappa shape index (κ2) is 5.30. The van der Waals surface area contributed by atoms with E-state index in [9.17, 15) is 4.79 Å². The number of rotatable bonds is 4. The van der Waals surface area contributed by atoms with Crippen LogP contribution in [0.2, 0.25) is 0 Å². The molecule has 1 aromatic carbocycles. The van der Waals surface area contributed by atoms with Gasteiger partial charge in [0, 0.05) is 12.1 Å². The number of nitrogens with zero attached hydrogens (tertiary/aromatic N) is 3. The topological polar surface area (TPSA) is 92.3 Å². The molecule has 0 unspecified atom stereocenters. The van der Waals surface area contributed by atoms with Gasteiger partial charge in [0.2, 0.25) is 0 Å². The first-order valence-corrected chi connectivity index (χ1v) is 6.28. The predicted octanol–water partition coefficient (Wildman–Crippen LogP) is 0.391. The lowest BCUT2D eigenvalue weighted by Crippen LogP contribution is -2.16. The van der Waals surface area contributed by atoms with Crippen LogP contribution < -0.4 is 15.2 Å². The van der Waals surface area contributed by atoms with E-state index in [0.29, 0.717) is 42.5 Å². The van der Waals surface area contributed by atoms with Crippen molar-refractivity contribution in [1.82, 2.24) is 15.0 Å². The monoisotopic (exact) mass is 274 g/mol. The number of carbonyl (C=O) groups is 1. The molecule has 2 aromatic rings. The highest BCUT2D eigenvalue weighted by Crippen LogP contribution is 2.30. The molecule has 1 aliphatic heterocycles. The molecule has 0 bridgehead atoms. The number of fused-ring (bicyclic) bond motifs is 1. The van der Waals surface area contributed by atoms with Gasteiger partial charge in [0.05, 0.1) is 11.9 Å². The molecule has 104 valence electrons. The summed E-state index contributed by atoms with van der Waals surface area (Å²) in [6.07, 6.45) is 1.66. The summed E-state index contributed by atoms with van der Waals surface area (Å²) < 4.78 is 12.3. The Morgan fingerprint density at radius 2 is 2.10 bits per heavy atom. The zero-order chi connectivity index (χ0) is 13.9. The number of ether oxygens (including phenoxy) is 2. The minimum atomic E-state index is -0.0737. The number of hydrogen-bond acceptors (Lipinski definition) is 6. The van der Waals surface area contributed by atoms with E-state index in [1.54, 1.807) is 24.4 Å². The van der Waals surface area contributed by atoms with Crippen LogP contribution in [0.25, 0.3) is 0 Å². The SMILES string of the molecule is NCc1cn(CC(=O)c2ccc3c(c2)OCCO3)nn1. The van der Waals surface area contributed by atoms with E-state index in [2.05, 4.69) is 10.3 Å². The van der Waals surface area contributed by atoms with E-state index < -0.39 is 0 Å². The van der Waals surface area contributed by atoms with Crippen LogP contribution >= 0.6 is 0 Å². The molecule has 2 N–H and O–H groups in total. The lowest BCUT2D eigenvalue weighted by molar-refractivity contribution is 0.0965. The number of hydrogen-bond donors (Lipinski definition) is 1. The standard InChI is InChI=1S/C13H14N4O3/c14-6-10-7-17(16-15-10)8-11(18)9-1-2-12-13(5-9)20-4-3-19-12/h1-2,5,7H,3-4,6,8,14H2. The number of benzene rings is 1. The highest BCUT2D eigenvalue weighted by atomic mass is 16.6. The summed E-state index contributed by atoms with van der Waals surface area (Å²) in [7, 11) is 0. The second-order valence-electron chi connectivity index (χ2n) is 4.39. The van der Waals surface area contributed by atoms with Gasteiger partial charge in [-0.05, 0) is 18.2 Å². The van der Waals surface area contributed by atoms with Gasteiger partial charge in [-0.15, -0.1) is 5.10 Å². The molecule has 0 saturated carbocycles. The van der Waals surface area contributed by atoms with Gasteiger partial charge >= 0.3 is 0 Å². The largest absolute Gasteiger partial charge is 0.486 e. The molecule has 7 heteroatoms. The van der Waals surface area contributed by atoms with Gasteiger partial charge in [0.1, 0.15) is 19.8 Å². The Kier molecular flexibility index (Phi) is 3.34. The molecular formula is C13H14N4O3. The molecule has 0 spiro atoms. The molecule has 7 nitrogen and oxygen atoms in total. The van der Waals surface area contributed by atoms with Crippen molar-refractivity contribution in [3.05, 3.63) is 35.7 Å². The fraction of sp³-hybridized carbons (Fsp3) is 0.308. The van der Waals surface area contributed by atoms with Crippen LogP contribution in [0.3, 0.4) is 0 Å². The third-order valence-corrected chi connectivity index (χ3v) is 2.96. The van der Waals surface area contributed by atoms with Gasteiger partial charge in [-0.3, -0.25) is 4.79 Å². The van der Waals surface area contributed by atoms with Gasteiger partial charge in [-0.1, -0.05) is 5.21 Å². The first-order chi connectivity index (χ1) is 9.76. The Labute approximate surface area is 115 Å². The van der Waals surface area contributed by atoms with Gasteiger partial charge in [0.15, 0.2) is 17.3 Å². The van der Waals surface area contributed by atoms with Gasteiger partial charge in [-0.2, -0.15) is 0 Å². The fourth-order valence-electron chi connectivity index (χ4n) is 1.96. The number of nitrogens with two attached hydrogens (primary N) is 1. The third kappa shape index (κ3) is 2.48. The van der Waals surface area contributed by atoms with Crippen molar-refractivity contribution >= 4 is 5.78 Å². The Balaban J connectivity index is 1.76. The summed E-state index contributed by atoms with van der Waals surface area (Å²) >= 11 is 0. The minimum Gasteiger partial charge on any atom is -0.486 e. The number of Topliss-reactive ketones (excluding diaryl/α,β-unsaturated/α-hetero) is 1. The molecular weight excluding hydrogens is 260 g/mol. The summed E-state index contributed by atoms with van der Waals surface area (Å²) in [5, 5.41) is 7.69. The van der Waals surface area contributed by atoms with Gasteiger partial charge in [0.25, 0.3) is 0 Å². The molecule has 0 fully saturated rings. The van der Waals surface area contributed by atoms with Crippen molar-refractivity contribution < 1.29 is 14.3 Å². The summed E-state index contributed by atoms with van der Waals surface area (Å²) in [4.78, 5) is 12.2. The molecule has 1 aromatic heterocycles. The van der Waals surface area contributed by atoms with E-state index in [4.69, 9.17) is 15.2 Å². The highest BCUT2D eigenvalue weighted by molar-refractivity contribution is 5.96. The Hall–Kier alpha value is -2.41. The molecule has 0 radical (unpaired) electrons. The summed E-state index contributed by atoms with van der Waals surface area (Å²) in [5.74, 6) is 1.19. The van der Waals surface area contributed by atoms with Crippen LogP contribution in [0.15, 0.2) is 24.4 Å². The van der Waals surface area contributed by atoms with E-state index in [1.807, 2.05) is 0 Å². The van der Waals surface area contributed by atoms with Crippen molar-refractivity contribution in [2.24, 2.45) is 5.73 Å². The van der Waals surface area contributed by atoms with Crippen LogP contribution in [0.1, 0.15) is 16.1 Å². The highest BCUT2D eigenvalue weighted by Gasteiger charge is 2.15. The van der Waals surface area contributed by atoms with Crippen LogP contribution in [0.4, 0.5) is 0 Å². The van der Waals surface area contributed by atoms with Crippen LogP contribution in [0, 0.1) is 0 Å². The third-order valence-electron chi connectivity index (χ3n) is 2.96. The Morgan fingerprint density at radius 1 is 1.30 bits per heavy atom. The lowest BCUT2D eigenvalue weighted by atomic mass is 10.1. The average molecular weight is 274 g/mol. The van der Waals surface area contributed by atoms with Crippen molar-refractivity contribution in [3.63, 3.8) is 0 Å². The van der Waals surface area contributed by atoms with Gasteiger partial charge < -0.3 is 15.2 Å². The number of carbonyl (C=O) groups excluding carboxylic acids is 1. The number of ketones is 1. The smallest absolute Gasteiger partial charge is 0.184 e. The molecule has 2 heterocycles. The van der Waals surface area contributed by atoms with Crippen molar-refractivity contribution in [1.29, 1.82) is 0 Å². The second-order valence-corrected chi connectivity index (χ2v) is 4.39. The zero-order valence-corrected chi connectivity index (χ0v) is 10.8. The fourth-order valence-corrected chi connectivity index (χ4v) is 1.96. The van der Waals surface area contributed by atoms with E-state index in [1.165, 1.54) is 4.68 Å². The maximum atomic E-state index is 12.2. The molecule has 1 aliphatic rings. The zero-order valence-electron chi connectivity index (χ0n) is 10.8. The van der Waals surface area contributed by atoms with Crippen LogP contribution in [-0.4, -0.2) is 34.0 Å². The van der Waals surface area contributed by atoms with E-state index >= 15 is 0 Å². The van der Waals surface area contributed by atoms with Gasteiger partial charge in [-0.25, -0.2) is 4.68 Å². The number of aromatic nitrogens is 3. The maximum Gasteiger partial charge on any atom is 0.184 e. The van der Waals surface area contributed by atoms with Crippen molar-refractivity contribution in [2.45, 2.75) is 13.1 Å². The molecule has 20 heavy (non-hydrogen) atoms. The van der Waals surface area contributed by atoms with E-state index in [-0.39, 0.29) is 12.3 Å². The lowest BCUT2D eigenvalue weighted by Gasteiger charge is -2.18. The normalized spacial score (nSPS) is 13.2. The van der Waals surface area contributed by atoms with Crippen molar-refractivity contribution in [2.75, 3.05) is 13.2 Å². The Bertz CT molecular complexity index is 638. The van der Waals surface area contributed by atoms with Crippen LogP contribution in [0.5, 0.6) is 11.5 Å². The minimum absolute atomic E-state index is 0.0737. The quantitative estimate of drug-likeness (QED) is 0.811. The maximum absolute atomic E-state index is 12.2. The summed E-state index contributed by atoms with van der Waals surface area (Å²) in [5.41, 5.74) is 6.66. The average Bonchev–Trinajstić information content (AvgIpc) is 2.94. The molecule has 0 saturated heterocycles. The summed E-state index contributed by atoms with van der Waals surface area (Å²) in [6, 6.07) is 5.16. The van der Waals surface area contributed by atoms with Crippen LogP contribution in [-0.2, 0) is 13.1 Å². The molecule has 0 amide bonds. The Morgan fingerprint density at radius 3 is 2.85 bits per heavy atom. The molecule has 0 atom stereocenters. The first kappa shape index (κ1) is 12.6. The molecule has 3 rings (SSSR count). The molecule has 0 aliphatic carbocycles. The van der Waals surface area contributed by atoms with Crippen molar-refractivity contribution in [3.8, 4) is 11.5 Å². The summed E-state index contributed by atoms with van der Waals surface area (Å²) in [6.45, 7) is 1.44. The predicted molar refractivity (Wildman–Crippen MR) is 69.7 cm³/mol. The van der Waals surface area contributed by atoms with E-state index in [0.717, 1.165) is 0 Å².